The van der Waals surface area contributed by atoms with Crippen LogP contribution in [0.5, 0.6) is 0 Å². The van der Waals surface area contributed by atoms with Gasteiger partial charge >= 0.3 is 0 Å². The van der Waals surface area contributed by atoms with Gasteiger partial charge in [0, 0.05) is 96.7 Å². The molecule has 6 heterocycles. The Morgan fingerprint density at radius 1 is 0.292 bits per heavy atom. The Hall–Kier alpha value is -12.5. The monoisotopic (exact) mass is 1930 g/mol. The number of aromatic amines is 2. The van der Waals surface area contributed by atoms with Crippen molar-refractivity contribution in [3.8, 4) is 44.5 Å². The van der Waals surface area contributed by atoms with E-state index in [2.05, 4.69) is 332 Å². The van der Waals surface area contributed by atoms with Gasteiger partial charge in [-0.1, -0.05) is 360 Å². The van der Waals surface area contributed by atoms with Gasteiger partial charge in [0.05, 0.1) is 78.8 Å². The van der Waals surface area contributed by atoms with Crippen molar-refractivity contribution in [3.63, 3.8) is 0 Å². The fourth-order valence-electron chi connectivity index (χ4n) is 19.2. The van der Waals surface area contributed by atoms with Gasteiger partial charge in [0.1, 0.15) is 6.54 Å². The van der Waals surface area contributed by atoms with Crippen molar-refractivity contribution in [2.75, 3.05) is 85.1 Å². The van der Waals surface area contributed by atoms with Gasteiger partial charge in [0.15, 0.2) is 0 Å². The molecule has 0 radical (unpaired) electrons. The third-order valence-electron chi connectivity index (χ3n) is 28.6. The number of nitrogens with one attached hydrogen (secondary N) is 6. The minimum atomic E-state index is -0.494. The summed E-state index contributed by atoms with van der Waals surface area (Å²) >= 11 is 0. The molecule has 5 amide bonds. The number of hydrogen-bond donors (Lipinski definition) is 6. The van der Waals surface area contributed by atoms with E-state index in [1.165, 1.54) is 22.3 Å². The summed E-state index contributed by atoms with van der Waals surface area (Å²) in [6.45, 7) is 64.5. The molecule has 8 bridgehead atoms. The Morgan fingerprint density at radius 2 is 0.521 bits per heavy atom. The summed E-state index contributed by atoms with van der Waals surface area (Å²) in [5, 5.41) is 13.3. The zero-order valence-electron chi connectivity index (χ0n) is 91.2. The number of carbonyl (C=O) groups excluding carboxylic acids is 5. The molecule has 3 aliphatic heterocycles. The number of rotatable bonds is 23. The second kappa shape index (κ2) is 43.5. The first kappa shape index (κ1) is 107. The molecule has 144 heavy (non-hydrogen) atoms. The molecular weight excluding hydrogens is 1780 g/mol. The highest BCUT2D eigenvalue weighted by molar-refractivity contribution is 6.06. The van der Waals surface area contributed by atoms with E-state index in [-0.39, 0.29) is 108 Å². The lowest BCUT2D eigenvalue weighted by Crippen LogP contribution is -2.52. The number of hydrogen-bond acceptors (Lipinski definition) is 11. The molecule has 758 valence electrons. The normalized spacial score (nSPS) is 15.3. The van der Waals surface area contributed by atoms with Crippen molar-refractivity contribution < 1.29 is 24.0 Å². The average molecular weight is 1940 g/mol. The third kappa shape index (κ3) is 26.8. The Balaban J connectivity index is 1.07. The number of aromatic nitrogens is 4. The van der Waals surface area contributed by atoms with Crippen LogP contribution in [0.25, 0.3) is 90.5 Å². The predicted molar refractivity (Wildman–Crippen MR) is 599 cm³/mol. The van der Waals surface area contributed by atoms with Crippen LogP contribution in [0.3, 0.4) is 0 Å². The highest BCUT2D eigenvalue weighted by atomic mass is 16.2. The molecule has 14 rings (SSSR count). The van der Waals surface area contributed by atoms with E-state index >= 15 is 9.59 Å². The molecule has 18 nitrogen and oxygen atoms in total. The van der Waals surface area contributed by atoms with E-state index in [9.17, 15) is 14.4 Å². The molecule has 1 fully saturated rings. The summed E-state index contributed by atoms with van der Waals surface area (Å²) in [5.74, 6) is -1.33. The van der Waals surface area contributed by atoms with Crippen molar-refractivity contribution in [3.05, 3.63) is 308 Å². The maximum atomic E-state index is 17.9. The number of amides is 5. The second-order valence-corrected chi connectivity index (χ2v) is 48.7. The van der Waals surface area contributed by atoms with E-state index in [1.54, 1.807) is 4.90 Å². The molecule has 18 heteroatoms. The molecule has 3 aromatic heterocycles. The smallest absolute Gasteiger partial charge is 0.241 e. The van der Waals surface area contributed by atoms with Crippen LogP contribution in [-0.4, -0.2) is 159 Å². The standard InChI is InChI=1S/C126H159N13O5/c1-81(85-41-33-29-34-42-85)127-109(140)76-135-55-57-136(77-110(141)128-82(2)86-43-35-30-36-44-86)59-61-138(62-60-137(58-56-135)78-111(142)129-83(3)87-45-37-31-38-46-87)80-113(144)139(79-112(143)130-84(4)88-47-39-32-40-48-88)108-75-107-116(91-67-97(123(17,18)19)73-98(68-91)124(20,21)22)105-52-51-103(132-105)114(89-63-93(119(5,6)7)71-94(64-89)120(8,9)10)101-49-50-102(131-101)115(90-65-95(121(11,12)13)72-96(66-90)122(14,15)16)104-53-54-106(133-104)117(118(108)134-107)92-69-99(125(23,24)25)74-100(70-92)126(26,27)28/h29-54,63-75,81-84,132-133H,55-62,76-80H2,1-28H3,(H,127,140)(H,128,141)(H,129,142)(H,130,143). The van der Waals surface area contributed by atoms with Crippen LogP contribution in [-0.2, 0) is 67.3 Å². The topological polar surface area (TPSA) is 207 Å². The maximum Gasteiger partial charge on any atom is 0.241 e. The number of carbonyl (C=O) groups is 5. The summed E-state index contributed by atoms with van der Waals surface area (Å²) in [5.41, 5.74) is 23.5. The minimum Gasteiger partial charge on any atom is -0.354 e. The van der Waals surface area contributed by atoms with Crippen molar-refractivity contribution in [1.29, 1.82) is 0 Å². The zero-order valence-corrected chi connectivity index (χ0v) is 91.2. The largest absolute Gasteiger partial charge is 0.354 e. The zero-order chi connectivity index (χ0) is 104. The number of benzene rings is 8. The first-order chi connectivity index (χ1) is 67.5. The van der Waals surface area contributed by atoms with Gasteiger partial charge in [-0.05, 0) is 203 Å². The van der Waals surface area contributed by atoms with Gasteiger partial charge in [-0.2, -0.15) is 0 Å². The van der Waals surface area contributed by atoms with Crippen LogP contribution in [0, 0.1) is 0 Å². The molecule has 8 aromatic carbocycles. The molecule has 4 unspecified atom stereocenters. The lowest BCUT2D eigenvalue weighted by molar-refractivity contribution is -0.134. The lowest BCUT2D eigenvalue weighted by atomic mass is 9.78. The molecular formula is C126H159N13O5. The summed E-state index contributed by atoms with van der Waals surface area (Å²) in [6.07, 6.45) is 6.49. The molecule has 0 spiro atoms. The lowest BCUT2D eigenvalue weighted by Gasteiger charge is -2.35. The number of fused-ring (bicyclic) bond motifs is 8. The second-order valence-electron chi connectivity index (χ2n) is 48.7. The predicted octanol–water partition coefficient (Wildman–Crippen LogP) is 25.6. The number of H-pyrrole nitrogens is 2. The van der Waals surface area contributed by atoms with Crippen LogP contribution >= 0.6 is 0 Å². The Morgan fingerprint density at radius 3 is 0.778 bits per heavy atom. The molecule has 0 aliphatic carbocycles. The molecule has 3 aliphatic rings. The van der Waals surface area contributed by atoms with E-state index < -0.39 is 35.2 Å². The molecule has 6 N–H and O–H groups in total. The van der Waals surface area contributed by atoms with Crippen LogP contribution < -0.4 is 21.3 Å². The van der Waals surface area contributed by atoms with Crippen molar-refractivity contribution in [2.24, 2.45) is 0 Å². The third-order valence-corrected chi connectivity index (χ3v) is 28.6. The average Bonchev–Trinajstić information content (AvgIpc) is 1.51. The van der Waals surface area contributed by atoms with Crippen LogP contribution in [0.4, 0.5) is 0 Å². The van der Waals surface area contributed by atoms with Crippen LogP contribution in [0.15, 0.2) is 218 Å². The first-order valence-corrected chi connectivity index (χ1v) is 52.0. The first-order valence-electron chi connectivity index (χ1n) is 52.0. The fraction of sp³-hybridized carbons (Fsp3) is 0.421. The van der Waals surface area contributed by atoms with Crippen molar-refractivity contribution >= 4 is 75.5 Å². The van der Waals surface area contributed by atoms with E-state index in [0.29, 0.717) is 67.4 Å². The Bertz CT molecular complexity index is 6520. The van der Waals surface area contributed by atoms with Crippen molar-refractivity contribution in [1.82, 2.24) is 65.7 Å². The van der Waals surface area contributed by atoms with Gasteiger partial charge in [0.25, 0.3) is 0 Å². The highest BCUT2D eigenvalue weighted by Gasteiger charge is 2.37. The van der Waals surface area contributed by atoms with E-state index in [1.807, 2.05) is 149 Å². The molecule has 1 saturated heterocycles. The minimum absolute atomic E-state index is 0.00319. The van der Waals surface area contributed by atoms with E-state index in [0.717, 1.165) is 111 Å². The van der Waals surface area contributed by atoms with Gasteiger partial charge in [0.2, 0.25) is 29.5 Å². The van der Waals surface area contributed by atoms with E-state index in [4.69, 9.17) is 9.97 Å². The van der Waals surface area contributed by atoms with Gasteiger partial charge in [-0.25, -0.2) is 9.97 Å². The molecule has 4 atom stereocenters. The van der Waals surface area contributed by atoms with Gasteiger partial charge in [-0.3, -0.25) is 48.5 Å². The SMILES string of the molecule is CC(NC(=O)CN1CCN(CC(=O)NC(C)c2ccccc2)CCN(CC(=O)N(CC(=O)NC(C)c2ccccc2)C2=Cc3nc2c(-c2cc(C(C)(C)C)cc(C(C)(C)C)c2)c2ccc([nH]2)c(-c2cc(C(C)(C)C)cc(C(C)(C)C)c2)c2nc(c(-c4cc(C(C)(C)C)cc(C(C)(C)C)c4)c4ccc([nH]4)c3-c3cc(C(C)(C)C)cc(C(C)(C)C)c3)C=C2)CCN(CC(=O)NC(C)c2ccccc2)CC1)c1ccccc1. The molecule has 0 saturated carbocycles. The van der Waals surface area contributed by atoms with Gasteiger partial charge in [-0.15, -0.1) is 0 Å². The Kier molecular flexibility index (Phi) is 32.4. The summed E-state index contributed by atoms with van der Waals surface area (Å²) in [4.78, 5) is 110. The van der Waals surface area contributed by atoms with Crippen LogP contribution in [0.2, 0.25) is 0 Å². The summed E-state index contributed by atoms with van der Waals surface area (Å²) in [6, 6.07) is 75.2. The molecule has 11 aromatic rings. The highest BCUT2D eigenvalue weighted by Crippen LogP contribution is 2.48. The summed E-state index contributed by atoms with van der Waals surface area (Å²) in [7, 11) is 0. The van der Waals surface area contributed by atoms with Crippen molar-refractivity contribution in [2.45, 2.75) is 261 Å². The Labute approximate surface area is 858 Å². The quantitative estimate of drug-likeness (QED) is 0.0355. The number of nitrogens with zero attached hydrogens (tertiary/aromatic N) is 7. The van der Waals surface area contributed by atoms with Crippen LogP contribution in [0.1, 0.15) is 308 Å². The maximum absolute atomic E-state index is 17.9. The fourth-order valence-corrected chi connectivity index (χ4v) is 19.2. The van der Waals surface area contributed by atoms with Gasteiger partial charge < -0.3 is 31.2 Å². The summed E-state index contributed by atoms with van der Waals surface area (Å²) < 4.78 is 0.